The van der Waals surface area contributed by atoms with E-state index in [1.165, 1.54) is 21.1 Å². The van der Waals surface area contributed by atoms with Gasteiger partial charge in [0.05, 0.1) is 6.10 Å². The zero-order valence-corrected chi connectivity index (χ0v) is 11.0. The Morgan fingerprint density at radius 3 is 2.19 bits per heavy atom. The molecule has 0 aliphatic rings. The van der Waals surface area contributed by atoms with E-state index in [1.807, 2.05) is 0 Å². The predicted molar refractivity (Wildman–Crippen MR) is 59.6 cm³/mol. The van der Waals surface area contributed by atoms with Crippen LogP contribution in [0.3, 0.4) is 0 Å². The minimum atomic E-state index is -3.60. The van der Waals surface area contributed by atoms with Crippen LogP contribution >= 0.6 is 0 Å². The number of hydrogen-bond donors (Lipinski definition) is 3. The number of nitrogens with one attached hydrogen (secondary N) is 1. The molecule has 0 fully saturated rings. The van der Waals surface area contributed by atoms with Crippen LogP contribution in [0.5, 0.6) is 0 Å². The van der Waals surface area contributed by atoms with Crippen LogP contribution in [0.15, 0.2) is 0 Å². The summed E-state index contributed by atoms with van der Waals surface area (Å²) in [6, 6.07) is 0. The fourth-order valence-corrected chi connectivity index (χ4v) is 1.75. The summed E-state index contributed by atoms with van der Waals surface area (Å²) in [7, 11) is -2.38. The summed E-state index contributed by atoms with van der Waals surface area (Å²) >= 11 is 0. The molecule has 8 nitrogen and oxygen atoms in total. The van der Waals surface area contributed by atoms with Gasteiger partial charge in [0.1, 0.15) is 0 Å². The van der Waals surface area contributed by atoms with Crippen molar-refractivity contribution >= 4 is 21.1 Å². The summed E-state index contributed by atoms with van der Waals surface area (Å²) in [5.41, 5.74) is 0. The number of aliphatic hydroxyl groups is 1. The second kappa shape index (κ2) is 6.47. The van der Waals surface area contributed by atoms with E-state index in [1.54, 1.807) is 0 Å². The van der Waals surface area contributed by atoms with Crippen LogP contribution in [0.1, 0.15) is 0 Å². The predicted octanol–water partition coefficient (Wildman–Crippen LogP) is -2.80. The topological polar surface area (TPSA) is 107 Å². The van der Waals surface area contributed by atoms with Gasteiger partial charge < -0.3 is 5.11 Å². The molecule has 0 radical (unpaired) electrons. The maximum Gasteiger partial charge on any atom is 0.279 e. The highest BCUT2D eigenvalue weighted by Gasteiger charge is 2.16. The van der Waals surface area contributed by atoms with Crippen molar-refractivity contribution in [2.45, 2.75) is 6.10 Å². The molecule has 2 N–H and O–H groups in total. The Balaban J connectivity index is 4.14. The Morgan fingerprint density at radius 1 is 1.31 bits per heavy atom. The second-order valence-corrected chi connectivity index (χ2v) is 6.50. The minimum absolute atomic E-state index is 0.158. The van der Waals surface area contributed by atoms with Crippen LogP contribution < -0.4 is 4.72 Å². The lowest BCUT2D eigenvalue weighted by molar-refractivity contribution is 0.157. The van der Waals surface area contributed by atoms with E-state index in [0.29, 0.717) is 0 Å². The van der Waals surface area contributed by atoms with Gasteiger partial charge in [0.25, 0.3) is 10.2 Å². The largest absolute Gasteiger partial charge is 0.390 e. The average molecular weight is 275 g/mol. The van der Waals surface area contributed by atoms with Crippen LogP contribution in [-0.4, -0.2) is 70.9 Å². The van der Waals surface area contributed by atoms with Gasteiger partial charge in [-0.15, -0.1) is 0 Å². The number of nitrogens with zero attached hydrogens (tertiary/aromatic N) is 2. The quantitative estimate of drug-likeness (QED) is 0.435. The summed E-state index contributed by atoms with van der Waals surface area (Å²) < 4.78 is 47.3. The fourth-order valence-electron chi connectivity index (χ4n) is 0.767. The summed E-state index contributed by atoms with van der Waals surface area (Å²) in [6.45, 7) is -0.400. The normalized spacial score (nSPS) is 14.9. The molecule has 0 aromatic heterocycles. The Bertz CT molecular complexity index is 370. The number of thiol groups is 1. The Kier molecular flexibility index (Phi) is 6.36. The van der Waals surface area contributed by atoms with Crippen LogP contribution in [0.25, 0.3) is 0 Å². The van der Waals surface area contributed by atoms with E-state index in [2.05, 4.69) is 4.72 Å². The van der Waals surface area contributed by atoms with Crippen molar-refractivity contribution in [3.05, 3.63) is 0 Å². The summed E-state index contributed by atoms with van der Waals surface area (Å²) in [4.78, 5) is 0. The molecule has 16 heavy (non-hydrogen) atoms. The minimum Gasteiger partial charge on any atom is -0.390 e. The Labute approximate surface area is 97.1 Å². The Hall–Kier alpha value is -0.260. The average Bonchev–Trinajstić information content (AvgIpc) is 2.14. The van der Waals surface area contributed by atoms with Crippen LogP contribution in [0, 0.1) is 0 Å². The molecular formula is C6H17N3O5S2. The van der Waals surface area contributed by atoms with Crippen molar-refractivity contribution in [1.82, 2.24) is 13.3 Å². The Morgan fingerprint density at radius 2 is 1.81 bits per heavy atom. The van der Waals surface area contributed by atoms with Gasteiger partial charge in [0.2, 0.25) is 10.9 Å². The number of hydrogen-bond acceptors (Lipinski definition) is 5. The second-order valence-electron chi connectivity index (χ2n) is 3.37. The molecule has 1 atom stereocenters. The zero-order chi connectivity index (χ0) is 12.9. The first-order valence-corrected chi connectivity index (χ1v) is 6.94. The van der Waals surface area contributed by atoms with Crippen molar-refractivity contribution in [3.63, 3.8) is 0 Å². The smallest absolute Gasteiger partial charge is 0.279 e. The van der Waals surface area contributed by atoms with Crippen molar-refractivity contribution in [3.8, 4) is 0 Å². The third-order valence-electron chi connectivity index (χ3n) is 1.74. The third-order valence-corrected chi connectivity index (χ3v) is 3.95. The number of likely N-dealkylation sites (N-methyl/N-ethyl adjacent to an activating group) is 1. The maximum absolute atomic E-state index is 11.2. The first-order valence-electron chi connectivity index (χ1n) is 4.37. The SMILES string of the molecule is CN(C[C@@H](O)CNS(=O)(=O)N(C)C)[SH](=O)=O. The molecule has 0 rings (SSSR count). The van der Waals surface area contributed by atoms with Gasteiger partial charge in [0, 0.05) is 34.2 Å². The first-order chi connectivity index (χ1) is 7.16. The van der Waals surface area contributed by atoms with E-state index in [0.717, 1.165) is 8.61 Å². The van der Waals surface area contributed by atoms with Gasteiger partial charge in [-0.2, -0.15) is 17.4 Å². The van der Waals surface area contributed by atoms with Crippen LogP contribution in [0.2, 0.25) is 0 Å². The highest BCUT2D eigenvalue weighted by atomic mass is 32.2. The van der Waals surface area contributed by atoms with Crippen LogP contribution in [0.4, 0.5) is 0 Å². The van der Waals surface area contributed by atoms with Gasteiger partial charge in [-0.25, -0.2) is 12.7 Å². The first kappa shape index (κ1) is 15.7. The molecule has 0 saturated carbocycles. The van der Waals surface area contributed by atoms with Gasteiger partial charge in [0.15, 0.2) is 0 Å². The van der Waals surface area contributed by atoms with Gasteiger partial charge >= 0.3 is 0 Å². The van der Waals surface area contributed by atoms with E-state index in [-0.39, 0.29) is 13.1 Å². The fraction of sp³-hybridized carbons (Fsp3) is 1.00. The van der Waals surface area contributed by atoms with E-state index < -0.39 is 27.2 Å². The highest BCUT2D eigenvalue weighted by Crippen LogP contribution is 1.92. The molecule has 0 bridgehead atoms. The van der Waals surface area contributed by atoms with E-state index >= 15 is 0 Å². The highest BCUT2D eigenvalue weighted by molar-refractivity contribution is 7.87. The monoisotopic (exact) mass is 275 g/mol. The molecule has 0 aliphatic heterocycles. The lowest BCUT2D eigenvalue weighted by atomic mass is 10.4. The standard InChI is InChI=1S/C6H17N3O5S2/c1-8(2)16(13,14)7-4-6(10)5-9(3)15(11)12/h6-7,10,15H,4-5H2,1-3H3/t6-/m0/s1. The van der Waals surface area contributed by atoms with Gasteiger partial charge in [-0.3, -0.25) is 0 Å². The van der Waals surface area contributed by atoms with E-state index in [9.17, 15) is 21.9 Å². The summed E-state index contributed by atoms with van der Waals surface area (Å²) in [5.74, 6) is 0. The molecule has 0 amide bonds. The molecule has 0 heterocycles. The van der Waals surface area contributed by atoms with Crippen LogP contribution in [-0.2, 0) is 21.1 Å². The molecule has 98 valence electrons. The third kappa shape index (κ3) is 5.72. The number of rotatable bonds is 7. The molecule has 0 spiro atoms. The molecular weight excluding hydrogens is 258 g/mol. The van der Waals surface area contributed by atoms with E-state index in [4.69, 9.17) is 0 Å². The lowest BCUT2D eigenvalue weighted by Gasteiger charge is -2.17. The molecule has 10 heteroatoms. The summed E-state index contributed by atoms with van der Waals surface area (Å²) in [5, 5.41) is 9.36. The van der Waals surface area contributed by atoms with Crippen molar-refractivity contribution in [1.29, 1.82) is 0 Å². The van der Waals surface area contributed by atoms with Crippen molar-refractivity contribution in [2.24, 2.45) is 0 Å². The van der Waals surface area contributed by atoms with Gasteiger partial charge in [-0.1, -0.05) is 0 Å². The summed E-state index contributed by atoms with van der Waals surface area (Å²) in [6.07, 6.45) is -1.09. The molecule has 0 aliphatic carbocycles. The van der Waals surface area contributed by atoms with Gasteiger partial charge in [-0.05, 0) is 0 Å². The van der Waals surface area contributed by atoms with Crippen molar-refractivity contribution in [2.75, 3.05) is 34.2 Å². The lowest BCUT2D eigenvalue weighted by Crippen LogP contribution is -2.42. The maximum atomic E-state index is 11.2. The molecule has 0 aromatic rings. The molecule has 0 saturated heterocycles. The molecule has 0 aromatic carbocycles. The van der Waals surface area contributed by atoms with Crippen molar-refractivity contribution < 1.29 is 21.9 Å². The number of aliphatic hydroxyl groups excluding tert-OH is 1. The molecule has 0 unspecified atom stereocenters. The zero-order valence-electron chi connectivity index (χ0n) is 9.32.